The molecule has 1 atom stereocenters. The molecule has 0 saturated carbocycles. The first-order chi connectivity index (χ1) is 23.3. The van der Waals surface area contributed by atoms with E-state index in [1.807, 2.05) is 48.5 Å². The normalized spacial score (nSPS) is 16.7. The monoisotopic (exact) mass is 691 g/mol. The molecule has 48 heavy (non-hydrogen) atoms. The van der Waals surface area contributed by atoms with Gasteiger partial charge in [-0.25, -0.2) is 13.1 Å². The van der Waals surface area contributed by atoms with Crippen molar-refractivity contribution in [2.75, 3.05) is 40.5 Å². The van der Waals surface area contributed by atoms with Gasteiger partial charge in [0.05, 0.1) is 33.4 Å². The van der Waals surface area contributed by atoms with Gasteiger partial charge in [0.15, 0.2) is 23.0 Å². The Hall–Kier alpha value is -4.59. The predicted octanol–water partition coefficient (Wildman–Crippen LogP) is 4.84. The van der Waals surface area contributed by atoms with E-state index in [1.54, 1.807) is 36.6 Å². The molecule has 252 valence electrons. The van der Waals surface area contributed by atoms with Crippen LogP contribution in [0, 0.1) is 0 Å². The molecule has 0 radical (unpaired) electrons. The minimum absolute atomic E-state index is 0.0513. The summed E-state index contributed by atoms with van der Waals surface area (Å²) in [6.45, 7) is 0.697. The summed E-state index contributed by atoms with van der Waals surface area (Å²) in [6.07, 6.45) is 1.97. The molecule has 8 bridgehead atoms. The number of thiophene rings is 1. The molecule has 0 fully saturated rings. The zero-order valence-electron chi connectivity index (χ0n) is 26.7. The molecule has 2 N–H and O–H groups in total. The van der Waals surface area contributed by atoms with Crippen LogP contribution in [-0.2, 0) is 32.5 Å². The van der Waals surface area contributed by atoms with Crippen molar-refractivity contribution in [1.29, 1.82) is 0 Å². The number of sulfonamides is 1. The highest BCUT2D eigenvalue weighted by Crippen LogP contribution is 2.44. The molecule has 1 aromatic heterocycles. The summed E-state index contributed by atoms with van der Waals surface area (Å²) in [6, 6.07) is 19.5. The summed E-state index contributed by atoms with van der Waals surface area (Å²) in [5.74, 6) is 2.16. The molecule has 13 heteroatoms. The van der Waals surface area contributed by atoms with E-state index in [0.29, 0.717) is 74.1 Å². The van der Waals surface area contributed by atoms with E-state index in [4.69, 9.17) is 18.9 Å². The Kier molecular flexibility index (Phi) is 10.2. The van der Waals surface area contributed by atoms with Crippen molar-refractivity contribution < 1.29 is 37.0 Å². The zero-order valence-corrected chi connectivity index (χ0v) is 28.3. The number of carbonyl (C=O) groups excluding carboxylic acids is 2. The lowest BCUT2D eigenvalue weighted by Gasteiger charge is -2.38. The summed E-state index contributed by atoms with van der Waals surface area (Å²) < 4.78 is 52.2. The highest BCUT2D eigenvalue weighted by molar-refractivity contribution is 7.91. The van der Waals surface area contributed by atoms with Gasteiger partial charge in [-0.2, -0.15) is 0 Å². The number of methoxy groups -OCH3 is 2. The van der Waals surface area contributed by atoms with Crippen molar-refractivity contribution in [2.45, 2.75) is 35.9 Å². The van der Waals surface area contributed by atoms with E-state index in [2.05, 4.69) is 10.0 Å². The lowest BCUT2D eigenvalue weighted by Crippen LogP contribution is -2.45. The second-order valence-electron chi connectivity index (χ2n) is 11.4. The number of hydrogen-bond donors (Lipinski definition) is 2. The summed E-state index contributed by atoms with van der Waals surface area (Å²) >= 11 is 1.08. The van der Waals surface area contributed by atoms with Crippen LogP contribution in [0.5, 0.6) is 28.7 Å². The van der Waals surface area contributed by atoms with E-state index in [9.17, 15) is 18.0 Å². The minimum Gasteiger partial charge on any atom is -0.493 e. The van der Waals surface area contributed by atoms with Crippen LogP contribution in [-0.4, -0.2) is 65.6 Å². The van der Waals surface area contributed by atoms with Crippen molar-refractivity contribution in [1.82, 2.24) is 14.9 Å². The maximum atomic E-state index is 13.9. The Morgan fingerprint density at radius 3 is 2.65 bits per heavy atom. The Morgan fingerprint density at radius 2 is 1.85 bits per heavy atom. The fourth-order valence-corrected chi connectivity index (χ4v) is 7.95. The lowest BCUT2D eigenvalue weighted by atomic mass is 9.87. The Morgan fingerprint density at radius 1 is 1.00 bits per heavy atom. The molecule has 7 rings (SSSR count). The molecule has 0 aliphatic carbocycles. The first kappa shape index (κ1) is 33.3. The van der Waals surface area contributed by atoms with Gasteiger partial charge in [-0.15, -0.1) is 11.3 Å². The van der Waals surface area contributed by atoms with Crippen molar-refractivity contribution in [3.8, 4) is 28.7 Å². The van der Waals surface area contributed by atoms with Crippen LogP contribution in [0.3, 0.4) is 0 Å². The summed E-state index contributed by atoms with van der Waals surface area (Å²) in [5, 5.41) is 4.62. The number of benzene rings is 3. The second-order valence-corrected chi connectivity index (χ2v) is 14.4. The van der Waals surface area contributed by atoms with Crippen molar-refractivity contribution in [2.24, 2.45) is 0 Å². The maximum absolute atomic E-state index is 13.9. The molecule has 0 spiro atoms. The van der Waals surface area contributed by atoms with Crippen LogP contribution in [0.4, 0.5) is 0 Å². The highest BCUT2D eigenvalue weighted by Gasteiger charge is 2.34. The largest absolute Gasteiger partial charge is 0.493 e. The first-order valence-corrected chi connectivity index (χ1v) is 18.0. The predicted molar refractivity (Wildman–Crippen MR) is 181 cm³/mol. The van der Waals surface area contributed by atoms with E-state index in [-0.39, 0.29) is 16.0 Å². The van der Waals surface area contributed by atoms with Gasteiger partial charge in [0, 0.05) is 19.5 Å². The SMILES string of the molecule is COc1ccc2cc1OCCCNC(=O)CCc1cccc(c1)Oc1cc3c(cc1OC)C2N(C(=O)CNS(=O)(=O)c1cccs1)CC3. The van der Waals surface area contributed by atoms with Crippen LogP contribution in [0.2, 0.25) is 0 Å². The molecule has 3 aliphatic heterocycles. The number of hydrogen-bond acceptors (Lipinski definition) is 9. The smallest absolute Gasteiger partial charge is 0.250 e. The van der Waals surface area contributed by atoms with Crippen LogP contribution < -0.4 is 29.0 Å². The minimum atomic E-state index is -3.85. The number of amides is 2. The Balaban J connectivity index is 1.41. The number of nitrogens with one attached hydrogen (secondary N) is 2. The van der Waals surface area contributed by atoms with E-state index in [1.165, 1.54) is 6.07 Å². The molecule has 3 aromatic carbocycles. The number of ether oxygens (including phenoxy) is 4. The lowest BCUT2D eigenvalue weighted by molar-refractivity contribution is -0.132. The van der Waals surface area contributed by atoms with Gasteiger partial charge in [0.25, 0.3) is 10.0 Å². The number of nitrogens with zero attached hydrogens (tertiary/aromatic N) is 1. The molecule has 2 amide bonds. The maximum Gasteiger partial charge on any atom is 0.250 e. The highest BCUT2D eigenvalue weighted by atomic mass is 32.2. The van der Waals surface area contributed by atoms with E-state index >= 15 is 0 Å². The second kappa shape index (κ2) is 14.7. The molecule has 11 nitrogen and oxygen atoms in total. The third-order valence-corrected chi connectivity index (χ3v) is 11.1. The topological polar surface area (TPSA) is 132 Å². The van der Waals surface area contributed by atoms with Crippen LogP contribution in [0.1, 0.15) is 41.1 Å². The van der Waals surface area contributed by atoms with Crippen molar-refractivity contribution in [3.63, 3.8) is 0 Å². The average Bonchev–Trinajstić information content (AvgIpc) is 3.65. The molecule has 3 aliphatic rings. The van der Waals surface area contributed by atoms with E-state index in [0.717, 1.165) is 33.6 Å². The van der Waals surface area contributed by atoms with Crippen molar-refractivity contribution in [3.05, 3.63) is 94.4 Å². The summed E-state index contributed by atoms with van der Waals surface area (Å²) in [7, 11) is -0.741. The fourth-order valence-electron chi connectivity index (χ4n) is 5.94. The van der Waals surface area contributed by atoms with E-state index < -0.39 is 22.6 Å². The molecular formula is C35H37N3O8S2. The number of fused-ring (bicyclic) bond motifs is 8. The molecule has 1 unspecified atom stereocenters. The van der Waals surface area contributed by atoms with Crippen LogP contribution in [0.25, 0.3) is 0 Å². The number of carbonyl (C=O) groups is 2. The van der Waals surface area contributed by atoms with Gasteiger partial charge in [0.2, 0.25) is 11.8 Å². The number of rotatable bonds is 6. The standard InChI is InChI=1S/C35H37N3O8S2/c1-43-28-11-10-25-20-30(28)45-16-5-14-36-32(39)12-9-23-6-3-7-26(18-23)46-31-19-24-13-15-38(35(25)27(24)21-29(31)44-2)33(40)22-37-48(41,42)34-8-4-17-47-34/h3-4,6-8,10-11,17-21,35,37H,5,9,12-16,22H2,1-2H3,(H,36,39). The van der Waals surface area contributed by atoms with Gasteiger partial charge in [-0.05, 0) is 89.4 Å². The molecule has 4 aromatic rings. The average molecular weight is 692 g/mol. The Labute approximate surface area is 283 Å². The van der Waals surface area contributed by atoms with Crippen molar-refractivity contribution >= 4 is 33.2 Å². The number of aryl methyl sites for hydroxylation is 1. The van der Waals surface area contributed by atoms with Gasteiger partial charge in [-0.3, -0.25) is 9.59 Å². The van der Waals surface area contributed by atoms with Gasteiger partial charge >= 0.3 is 0 Å². The van der Waals surface area contributed by atoms with Gasteiger partial charge in [-0.1, -0.05) is 24.3 Å². The summed E-state index contributed by atoms with van der Waals surface area (Å²) in [4.78, 5) is 28.1. The van der Waals surface area contributed by atoms with Crippen LogP contribution >= 0.6 is 11.3 Å². The fraction of sp³-hybridized carbons (Fsp3) is 0.314. The molecule has 4 heterocycles. The zero-order chi connectivity index (χ0) is 33.7. The van der Waals surface area contributed by atoms with Gasteiger partial charge < -0.3 is 29.2 Å². The van der Waals surface area contributed by atoms with Crippen LogP contribution in [0.15, 0.2) is 76.3 Å². The molecular weight excluding hydrogens is 655 g/mol. The van der Waals surface area contributed by atoms with Gasteiger partial charge in [0.1, 0.15) is 9.96 Å². The first-order valence-electron chi connectivity index (χ1n) is 15.6. The Bertz CT molecular complexity index is 1900. The third kappa shape index (κ3) is 7.43. The third-order valence-electron chi connectivity index (χ3n) is 8.32. The summed E-state index contributed by atoms with van der Waals surface area (Å²) in [5.41, 5.74) is 3.49. The quantitative estimate of drug-likeness (QED) is 0.294. The molecule has 0 saturated heterocycles.